The van der Waals surface area contributed by atoms with E-state index in [4.69, 9.17) is 0 Å². The lowest BCUT2D eigenvalue weighted by molar-refractivity contribution is -0.118. The van der Waals surface area contributed by atoms with Gasteiger partial charge in [-0.05, 0) is 56.0 Å². The van der Waals surface area contributed by atoms with Crippen LogP contribution >= 0.6 is 11.3 Å². The SMILES string of the molecule is Cc1cc(N2CC3(CCN(Cc4ccc5scnc5c4)CC3)CC2=O)n2nccc2n1. The van der Waals surface area contributed by atoms with Gasteiger partial charge >= 0.3 is 0 Å². The molecule has 8 heteroatoms. The Hall–Kier alpha value is -2.84. The molecule has 158 valence electrons. The maximum atomic E-state index is 13.0. The molecule has 1 aromatic carbocycles. The van der Waals surface area contributed by atoms with Crippen molar-refractivity contribution in [2.45, 2.75) is 32.7 Å². The van der Waals surface area contributed by atoms with Crippen LogP contribution in [0.3, 0.4) is 0 Å². The summed E-state index contributed by atoms with van der Waals surface area (Å²) in [6.07, 6.45) is 4.44. The molecule has 0 N–H and O–H groups in total. The second kappa shape index (κ2) is 7.10. The Morgan fingerprint density at radius 3 is 2.90 bits per heavy atom. The van der Waals surface area contributed by atoms with Crippen molar-refractivity contribution < 1.29 is 4.79 Å². The second-order valence-electron chi connectivity index (χ2n) is 8.94. The summed E-state index contributed by atoms with van der Waals surface area (Å²) >= 11 is 1.68. The molecule has 0 bridgehead atoms. The molecule has 31 heavy (non-hydrogen) atoms. The topological polar surface area (TPSA) is 66.6 Å². The lowest BCUT2D eigenvalue weighted by Crippen LogP contribution is -2.41. The molecule has 1 amide bonds. The number of amides is 1. The molecule has 3 aromatic heterocycles. The van der Waals surface area contributed by atoms with Crippen molar-refractivity contribution in [3.8, 4) is 0 Å². The highest BCUT2D eigenvalue weighted by Crippen LogP contribution is 2.43. The minimum atomic E-state index is 0.0586. The molecule has 0 saturated carbocycles. The number of aromatic nitrogens is 4. The van der Waals surface area contributed by atoms with E-state index in [1.54, 1.807) is 22.0 Å². The van der Waals surface area contributed by atoms with E-state index < -0.39 is 0 Å². The van der Waals surface area contributed by atoms with Crippen molar-refractivity contribution in [3.63, 3.8) is 0 Å². The Morgan fingerprint density at radius 1 is 1.16 bits per heavy atom. The maximum Gasteiger partial charge on any atom is 0.228 e. The van der Waals surface area contributed by atoms with Crippen LogP contribution in [-0.4, -0.2) is 50.0 Å². The number of anilines is 1. The number of likely N-dealkylation sites (tertiary alicyclic amines) is 1. The van der Waals surface area contributed by atoms with Gasteiger partial charge in [-0.2, -0.15) is 9.61 Å². The van der Waals surface area contributed by atoms with Gasteiger partial charge in [-0.1, -0.05) is 6.07 Å². The first-order valence-electron chi connectivity index (χ1n) is 10.7. The smallest absolute Gasteiger partial charge is 0.228 e. The van der Waals surface area contributed by atoms with Gasteiger partial charge < -0.3 is 0 Å². The molecule has 7 nitrogen and oxygen atoms in total. The number of hydrogen-bond acceptors (Lipinski definition) is 6. The van der Waals surface area contributed by atoms with E-state index in [1.165, 1.54) is 10.3 Å². The fraction of sp³-hybridized carbons (Fsp3) is 0.391. The van der Waals surface area contributed by atoms with Crippen molar-refractivity contribution in [2.24, 2.45) is 5.41 Å². The Morgan fingerprint density at radius 2 is 2.03 bits per heavy atom. The highest BCUT2D eigenvalue weighted by Gasteiger charge is 2.46. The van der Waals surface area contributed by atoms with Crippen LogP contribution < -0.4 is 4.90 Å². The highest BCUT2D eigenvalue weighted by atomic mass is 32.1. The fourth-order valence-corrected chi connectivity index (χ4v) is 5.75. The van der Waals surface area contributed by atoms with Crippen LogP contribution in [0.1, 0.15) is 30.5 Å². The molecule has 0 unspecified atom stereocenters. The molecule has 0 radical (unpaired) electrons. The number of carbonyl (C=O) groups excluding carboxylic acids is 1. The molecule has 0 aliphatic carbocycles. The zero-order chi connectivity index (χ0) is 21.0. The third kappa shape index (κ3) is 3.30. The van der Waals surface area contributed by atoms with Crippen LogP contribution in [0.2, 0.25) is 0 Å². The summed E-state index contributed by atoms with van der Waals surface area (Å²) in [5, 5.41) is 4.40. The summed E-state index contributed by atoms with van der Waals surface area (Å²) in [7, 11) is 0. The summed E-state index contributed by atoms with van der Waals surface area (Å²) in [4.78, 5) is 26.4. The van der Waals surface area contributed by atoms with Crippen molar-refractivity contribution in [1.82, 2.24) is 24.5 Å². The zero-order valence-electron chi connectivity index (χ0n) is 17.5. The predicted octanol–water partition coefficient (Wildman–Crippen LogP) is 3.67. The number of hydrogen-bond donors (Lipinski definition) is 0. The summed E-state index contributed by atoms with van der Waals surface area (Å²) in [6.45, 7) is 5.71. The molecule has 2 saturated heterocycles. The largest absolute Gasteiger partial charge is 0.299 e. The number of piperidine rings is 1. The van der Waals surface area contributed by atoms with Crippen LogP contribution in [-0.2, 0) is 11.3 Å². The van der Waals surface area contributed by atoms with E-state index in [1.807, 2.05) is 29.5 Å². The van der Waals surface area contributed by atoms with Crippen LogP contribution in [0, 0.1) is 12.3 Å². The van der Waals surface area contributed by atoms with Crippen LogP contribution in [0.25, 0.3) is 15.9 Å². The van der Waals surface area contributed by atoms with Crippen molar-refractivity contribution in [1.29, 1.82) is 0 Å². The van der Waals surface area contributed by atoms with Gasteiger partial charge in [-0.3, -0.25) is 14.6 Å². The minimum absolute atomic E-state index is 0.0586. The zero-order valence-corrected chi connectivity index (χ0v) is 18.3. The number of thiazole rings is 1. The number of aryl methyl sites for hydroxylation is 1. The Balaban J connectivity index is 1.17. The first-order valence-corrected chi connectivity index (χ1v) is 11.6. The molecule has 6 rings (SSSR count). The van der Waals surface area contributed by atoms with Gasteiger partial charge in [0.2, 0.25) is 5.91 Å². The number of benzene rings is 1. The highest BCUT2D eigenvalue weighted by molar-refractivity contribution is 7.16. The molecule has 5 heterocycles. The van der Waals surface area contributed by atoms with E-state index in [9.17, 15) is 4.79 Å². The third-order valence-electron chi connectivity index (χ3n) is 6.78. The van der Waals surface area contributed by atoms with Gasteiger partial charge in [0.1, 0.15) is 5.82 Å². The number of rotatable bonds is 3. The van der Waals surface area contributed by atoms with E-state index in [2.05, 4.69) is 38.2 Å². The Labute approximate surface area is 184 Å². The van der Waals surface area contributed by atoms with Gasteiger partial charge in [0.15, 0.2) is 5.65 Å². The summed E-state index contributed by atoms with van der Waals surface area (Å²) < 4.78 is 3.02. The van der Waals surface area contributed by atoms with Crippen LogP contribution in [0.5, 0.6) is 0 Å². The Bertz CT molecular complexity index is 1290. The normalized spacial score (nSPS) is 19.3. The molecule has 2 fully saturated rings. The second-order valence-corrected chi connectivity index (χ2v) is 9.83. The number of fused-ring (bicyclic) bond motifs is 2. The first kappa shape index (κ1) is 18.9. The average molecular weight is 433 g/mol. The van der Waals surface area contributed by atoms with Crippen LogP contribution in [0.4, 0.5) is 5.82 Å². The fourth-order valence-electron chi connectivity index (χ4n) is 5.10. The molecule has 2 aliphatic heterocycles. The number of carbonyl (C=O) groups is 1. The molecule has 0 atom stereocenters. The van der Waals surface area contributed by atoms with Gasteiger partial charge in [0, 0.05) is 37.3 Å². The van der Waals surface area contributed by atoms with Crippen LogP contribution in [0.15, 0.2) is 42.0 Å². The van der Waals surface area contributed by atoms with Crippen molar-refractivity contribution >= 4 is 38.9 Å². The standard InChI is InChI=1S/C23H24N6OS/c1-16-10-21(29-20(26-16)4-7-25-29)28-14-23(12-22(28)30)5-8-27(9-6-23)13-17-2-3-19-18(11-17)24-15-31-19/h2-4,7,10-11,15H,5-6,8-9,12-14H2,1H3. The molecule has 2 aliphatic rings. The van der Waals surface area contributed by atoms with E-state index in [0.717, 1.165) is 61.7 Å². The maximum absolute atomic E-state index is 13.0. The van der Waals surface area contributed by atoms with Gasteiger partial charge in [0.25, 0.3) is 0 Å². The van der Waals surface area contributed by atoms with E-state index in [0.29, 0.717) is 6.42 Å². The van der Waals surface area contributed by atoms with Gasteiger partial charge in [-0.15, -0.1) is 11.3 Å². The molecule has 4 aromatic rings. The lowest BCUT2D eigenvalue weighted by atomic mass is 9.77. The average Bonchev–Trinajstić information content (AvgIpc) is 3.48. The van der Waals surface area contributed by atoms with Gasteiger partial charge in [0.05, 0.1) is 21.9 Å². The molecular weight excluding hydrogens is 408 g/mol. The van der Waals surface area contributed by atoms with Crippen molar-refractivity contribution in [3.05, 3.63) is 53.3 Å². The first-order chi connectivity index (χ1) is 15.1. The monoisotopic (exact) mass is 432 g/mol. The minimum Gasteiger partial charge on any atom is -0.299 e. The molecule has 1 spiro atoms. The Kier molecular flexibility index (Phi) is 4.33. The summed E-state index contributed by atoms with van der Waals surface area (Å²) in [6, 6.07) is 10.5. The number of nitrogens with zero attached hydrogens (tertiary/aromatic N) is 6. The van der Waals surface area contributed by atoms with E-state index in [-0.39, 0.29) is 11.3 Å². The molecular formula is C23H24N6OS. The quantitative estimate of drug-likeness (QED) is 0.494. The van der Waals surface area contributed by atoms with E-state index >= 15 is 0 Å². The predicted molar refractivity (Wildman–Crippen MR) is 121 cm³/mol. The summed E-state index contributed by atoms with van der Waals surface area (Å²) in [5.74, 6) is 1.04. The lowest BCUT2D eigenvalue weighted by Gasteiger charge is -2.38. The van der Waals surface area contributed by atoms with Gasteiger partial charge in [-0.25, -0.2) is 9.97 Å². The van der Waals surface area contributed by atoms with Crippen molar-refractivity contribution in [2.75, 3.05) is 24.5 Å². The summed E-state index contributed by atoms with van der Waals surface area (Å²) in [5.41, 5.74) is 6.06. The third-order valence-corrected chi connectivity index (χ3v) is 7.59.